The van der Waals surface area contributed by atoms with Crippen LogP contribution in [-0.2, 0) is 0 Å². The zero-order valence-electron chi connectivity index (χ0n) is 9.34. The van der Waals surface area contributed by atoms with Crippen LogP contribution in [-0.4, -0.2) is 27.9 Å². The predicted molar refractivity (Wildman–Crippen MR) is 64.5 cm³/mol. The second-order valence-electron chi connectivity index (χ2n) is 4.09. The first-order valence-corrected chi connectivity index (χ1v) is 6.31. The van der Waals surface area contributed by atoms with Gasteiger partial charge in [0.05, 0.1) is 0 Å². The van der Waals surface area contributed by atoms with Crippen LogP contribution in [0.3, 0.4) is 0 Å². The Balaban J connectivity index is 3.00. The van der Waals surface area contributed by atoms with E-state index in [0.29, 0.717) is 2.66 Å². The first-order chi connectivity index (χ1) is 6.68. The molecule has 0 nitrogen and oxygen atoms in total. The van der Waals surface area contributed by atoms with E-state index >= 15 is 0 Å². The SMILES string of the molecule is C=CCC1=C(CC=C)[C]([Na])(CC)C=C1. The molecule has 0 saturated carbocycles. The molecule has 0 spiro atoms. The van der Waals surface area contributed by atoms with E-state index in [0.717, 1.165) is 12.8 Å². The molecule has 70 valence electrons. The summed E-state index contributed by atoms with van der Waals surface area (Å²) in [7, 11) is 0. The van der Waals surface area contributed by atoms with Crippen molar-refractivity contribution in [1.82, 2.24) is 0 Å². The molecular formula is C13H17Na. The van der Waals surface area contributed by atoms with Crippen molar-refractivity contribution >= 4 is 27.9 Å². The van der Waals surface area contributed by atoms with Gasteiger partial charge in [0.2, 0.25) is 0 Å². The third kappa shape index (κ3) is 2.31. The minimum absolute atomic E-state index is 0.395. The molecule has 1 unspecified atom stereocenters. The number of hydrogen-bond donors (Lipinski definition) is 0. The summed E-state index contributed by atoms with van der Waals surface area (Å²) < 4.78 is 0.395. The summed E-state index contributed by atoms with van der Waals surface area (Å²) in [6, 6.07) is 0. The molecule has 0 fully saturated rings. The maximum absolute atomic E-state index is 3.85. The molecular weight excluding hydrogens is 179 g/mol. The molecule has 0 aromatic heterocycles. The van der Waals surface area contributed by atoms with Crippen LogP contribution in [0.1, 0.15) is 26.2 Å². The van der Waals surface area contributed by atoms with Crippen molar-refractivity contribution < 1.29 is 0 Å². The fraction of sp³-hybridized carbons (Fsp3) is 0.385. The van der Waals surface area contributed by atoms with E-state index in [1.165, 1.54) is 39.9 Å². The molecule has 1 aliphatic rings. The summed E-state index contributed by atoms with van der Waals surface area (Å²) in [5.74, 6) is 0. The van der Waals surface area contributed by atoms with E-state index in [1.54, 1.807) is 5.57 Å². The Hall–Kier alpha value is -0.0400. The van der Waals surface area contributed by atoms with Gasteiger partial charge >= 0.3 is 105 Å². The minimum atomic E-state index is 0.395. The van der Waals surface area contributed by atoms with Crippen LogP contribution < -0.4 is 0 Å². The Kier molecular flexibility index (Phi) is 4.43. The van der Waals surface area contributed by atoms with Gasteiger partial charge in [0.25, 0.3) is 0 Å². The van der Waals surface area contributed by atoms with Gasteiger partial charge in [-0.25, -0.2) is 0 Å². The van der Waals surface area contributed by atoms with E-state index in [2.05, 4.69) is 32.2 Å². The van der Waals surface area contributed by atoms with Crippen LogP contribution in [0.5, 0.6) is 0 Å². The predicted octanol–water partition coefficient (Wildman–Crippen LogP) is 3.74. The molecule has 0 amide bonds. The average molecular weight is 196 g/mol. The second-order valence-corrected chi connectivity index (χ2v) is 5.88. The van der Waals surface area contributed by atoms with Gasteiger partial charge in [-0.05, 0) is 0 Å². The van der Waals surface area contributed by atoms with E-state index in [1.807, 2.05) is 12.2 Å². The summed E-state index contributed by atoms with van der Waals surface area (Å²) in [6.07, 6.45) is 11.9. The van der Waals surface area contributed by atoms with E-state index in [9.17, 15) is 0 Å². The molecule has 14 heavy (non-hydrogen) atoms. The van der Waals surface area contributed by atoms with Gasteiger partial charge in [0.1, 0.15) is 0 Å². The molecule has 1 aliphatic carbocycles. The molecule has 0 heterocycles. The van der Waals surface area contributed by atoms with Crippen molar-refractivity contribution in [3.8, 4) is 0 Å². The fourth-order valence-electron chi connectivity index (χ4n) is 2.04. The van der Waals surface area contributed by atoms with Crippen LogP contribution in [0.25, 0.3) is 0 Å². The summed E-state index contributed by atoms with van der Waals surface area (Å²) in [5.41, 5.74) is 3.05. The van der Waals surface area contributed by atoms with Gasteiger partial charge < -0.3 is 0 Å². The van der Waals surface area contributed by atoms with Crippen molar-refractivity contribution in [1.29, 1.82) is 0 Å². The first-order valence-electron chi connectivity index (χ1n) is 5.31. The number of hydrogen-bond acceptors (Lipinski definition) is 0. The molecule has 0 aromatic rings. The van der Waals surface area contributed by atoms with Gasteiger partial charge in [-0.3, -0.25) is 0 Å². The zero-order chi connectivity index (χ0) is 10.6. The Morgan fingerprint density at radius 2 is 2.00 bits per heavy atom. The number of rotatable bonds is 5. The average Bonchev–Trinajstić information content (AvgIpc) is 2.49. The van der Waals surface area contributed by atoms with Crippen molar-refractivity contribution in [2.24, 2.45) is 0 Å². The van der Waals surface area contributed by atoms with Gasteiger partial charge in [0.15, 0.2) is 0 Å². The Morgan fingerprint density at radius 3 is 2.50 bits per heavy atom. The molecule has 1 heteroatoms. The van der Waals surface area contributed by atoms with Gasteiger partial charge in [-0.1, -0.05) is 0 Å². The van der Waals surface area contributed by atoms with Crippen molar-refractivity contribution in [2.75, 3.05) is 0 Å². The second kappa shape index (κ2) is 5.16. The Bertz CT molecular complexity index is 296. The molecule has 0 bridgehead atoms. The van der Waals surface area contributed by atoms with Crippen molar-refractivity contribution in [2.45, 2.75) is 28.9 Å². The molecule has 0 aromatic carbocycles. The van der Waals surface area contributed by atoms with Gasteiger partial charge in [-0.15, -0.1) is 0 Å². The molecule has 0 aliphatic heterocycles. The molecule has 0 radical (unpaired) electrons. The quantitative estimate of drug-likeness (QED) is 0.464. The third-order valence-corrected chi connectivity index (χ3v) is 4.82. The number of allylic oxidation sites excluding steroid dienone is 6. The topological polar surface area (TPSA) is 0 Å². The Labute approximate surface area is 105 Å². The van der Waals surface area contributed by atoms with Crippen LogP contribution in [0.4, 0.5) is 0 Å². The van der Waals surface area contributed by atoms with E-state index in [-0.39, 0.29) is 0 Å². The summed E-state index contributed by atoms with van der Waals surface area (Å²) in [6.45, 7) is 9.93. The van der Waals surface area contributed by atoms with Crippen molar-refractivity contribution in [3.05, 3.63) is 48.6 Å². The van der Waals surface area contributed by atoms with E-state index in [4.69, 9.17) is 0 Å². The zero-order valence-corrected chi connectivity index (χ0v) is 11.3. The first kappa shape index (κ1) is 12.0. The normalized spacial score (nSPS) is 25.6. The van der Waals surface area contributed by atoms with Crippen LogP contribution >= 0.6 is 0 Å². The van der Waals surface area contributed by atoms with Gasteiger partial charge in [-0.2, -0.15) is 0 Å². The fourth-order valence-corrected chi connectivity index (χ4v) is 2.73. The maximum atomic E-state index is 3.85. The molecule has 0 saturated heterocycles. The third-order valence-electron chi connectivity index (χ3n) is 3.18. The van der Waals surface area contributed by atoms with Crippen molar-refractivity contribution in [3.63, 3.8) is 0 Å². The van der Waals surface area contributed by atoms with E-state index < -0.39 is 0 Å². The Morgan fingerprint density at radius 1 is 1.36 bits per heavy atom. The monoisotopic (exact) mass is 196 g/mol. The van der Waals surface area contributed by atoms with Crippen LogP contribution in [0.2, 0.25) is 2.66 Å². The van der Waals surface area contributed by atoms with Crippen LogP contribution in [0, 0.1) is 0 Å². The van der Waals surface area contributed by atoms with Crippen LogP contribution in [0.15, 0.2) is 48.6 Å². The molecule has 1 atom stereocenters. The summed E-state index contributed by atoms with van der Waals surface area (Å²) in [4.78, 5) is 0. The molecule has 1 rings (SSSR count). The standard InChI is InChI=1S/C13H17.Na/c1-4-7-12-10-9-11(6-3)13(12)8-5-2;/h4-5,9-10H,1-2,6-8H2,3H3;. The summed E-state index contributed by atoms with van der Waals surface area (Å²) >= 11 is 1.20. The summed E-state index contributed by atoms with van der Waals surface area (Å²) in [5, 5.41) is 0. The van der Waals surface area contributed by atoms with Gasteiger partial charge in [0, 0.05) is 0 Å². The molecule has 0 N–H and O–H groups in total.